The van der Waals surface area contributed by atoms with E-state index in [1.54, 1.807) is 10.9 Å². The fraction of sp³-hybridized carbons (Fsp3) is 0.167. The lowest BCUT2D eigenvalue weighted by atomic mass is 9.84. The van der Waals surface area contributed by atoms with Gasteiger partial charge in [0.25, 0.3) is 0 Å². The zero-order valence-corrected chi connectivity index (χ0v) is 14.7. The van der Waals surface area contributed by atoms with Crippen molar-refractivity contribution in [1.82, 2.24) is 23.5 Å². The number of pyridine rings is 1. The molecule has 1 aliphatic rings. The van der Waals surface area contributed by atoms with Crippen LogP contribution in [0.4, 0.5) is 5.82 Å². The van der Waals surface area contributed by atoms with Gasteiger partial charge in [0.1, 0.15) is 22.5 Å². The summed E-state index contributed by atoms with van der Waals surface area (Å²) in [6.45, 7) is 0. The number of nitrogens with zero attached hydrogens (tertiary/aromatic N) is 5. The number of hydrogen-bond acceptors (Lipinski definition) is 6. The lowest BCUT2D eigenvalue weighted by Gasteiger charge is -2.24. The van der Waals surface area contributed by atoms with Crippen molar-refractivity contribution in [1.29, 1.82) is 0 Å². The highest BCUT2D eigenvalue weighted by Crippen LogP contribution is 2.43. The number of anilines is 1. The highest BCUT2D eigenvalue weighted by atomic mass is 32.1. The number of carbonyl (C=O) groups excluding carboxylic acids is 1. The summed E-state index contributed by atoms with van der Waals surface area (Å²) in [5, 5.41) is 7.61. The van der Waals surface area contributed by atoms with E-state index in [9.17, 15) is 4.79 Å². The lowest BCUT2D eigenvalue weighted by Crippen LogP contribution is -2.24. The minimum atomic E-state index is -0.142. The predicted octanol–water partition coefficient (Wildman–Crippen LogP) is 2.96. The van der Waals surface area contributed by atoms with Crippen molar-refractivity contribution in [2.75, 3.05) is 5.32 Å². The maximum atomic E-state index is 12.4. The Bertz CT molecular complexity index is 1130. The molecule has 4 aromatic rings. The summed E-state index contributed by atoms with van der Waals surface area (Å²) in [6.07, 6.45) is 2.09. The van der Waals surface area contributed by atoms with E-state index < -0.39 is 0 Å². The zero-order valence-electron chi connectivity index (χ0n) is 13.9. The number of rotatable bonds is 2. The number of nitrogens with one attached hydrogen (secondary N) is 1. The van der Waals surface area contributed by atoms with Crippen molar-refractivity contribution in [2.24, 2.45) is 7.05 Å². The van der Waals surface area contributed by atoms with E-state index in [1.165, 1.54) is 11.7 Å². The first kappa shape index (κ1) is 15.2. The summed E-state index contributed by atoms with van der Waals surface area (Å²) in [7, 11) is 1.83. The summed E-state index contributed by atoms with van der Waals surface area (Å²) >= 11 is 1.19. The van der Waals surface area contributed by atoms with Gasteiger partial charge >= 0.3 is 0 Å². The summed E-state index contributed by atoms with van der Waals surface area (Å²) < 4.78 is 10.5. The van der Waals surface area contributed by atoms with E-state index in [4.69, 9.17) is 0 Å². The average molecular weight is 362 g/mol. The third-order valence-corrected chi connectivity index (χ3v) is 5.22. The van der Waals surface area contributed by atoms with Crippen LogP contribution in [0, 0.1) is 0 Å². The highest BCUT2D eigenvalue weighted by molar-refractivity contribution is 7.00. The Morgan fingerprint density at radius 2 is 2.12 bits per heavy atom. The third kappa shape index (κ3) is 2.22. The van der Waals surface area contributed by atoms with E-state index in [1.807, 2.05) is 43.4 Å². The van der Waals surface area contributed by atoms with Gasteiger partial charge in [-0.2, -0.15) is 13.8 Å². The third-order valence-electron chi connectivity index (χ3n) is 4.68. The molecule has 0 spiro atoms. The summed E-state index contributed by atoms with van der Waals surface area (Å²) in [5.74, 6) is 0.544. The lowest BCUT2D eigenvalue weighted by molar-refractivity contribution is -0.116. The first-order valence-electron chi connectivity index (χ1n) is 8.21. The molecule has 8 heteroatoms. The van der Waals surface area contributed by atoms with Crippen molar-refractivity contribution in [3.05, 3.63) is 53.7 Å². The van der Waals surface area contributed by atoms with Gasteiger partial charge in [-0.3, -0.25) is 14.5 Å². The first-order valence-corrected chi connectivity index (χ1v) is 8.94. The normalized spacial score (nSPS) is 16.5. The van der Waals surface area contributed by atoms with Crippen LogP contribution in [0.1, 0.15) is 23.5 Å². The first-order chi connectivity index (χ1) is 12.7. The second-order valence-corrected chi connectivity index (χ2v) is 6.76. The maximum Gasteiger partial charge on any atom is 0.226 e. The van der Waals surface area contributed by atoms with E-state index >= 15 is 0 Å². The molecule has 1 aliphatic heterocycles. The van der Waals surface area contributed by atoms with Crippen molar-refractivity contribution < 1.29 is 4.79 Å². The molecule has 0 fully saturated rings. The van der Waals surface area contributed by atoms with Crippen LogP contribution in [0.2, 0.25) is 0 Å². The molecule has 0 radical (unpaired) electrons. The van der Waals surface area contributed by atoms with Crippen molar-refractivity contribution >= 4 is 34.5 Å². The molecule has 1 N–H and O–H groups in total. The van der Waals surface area contributed by atoms with Crippen LogP contribution >= 0.6 is 11.7 Å². The van der Waals surface area contributed by atoms with Gasteiger partial charge in [0.05, 0.1) is 17.4 Å². The number of amides is 1. The Morgan fingerprint density at radius 3 is 2.96 bits per heavy atom. The zero-order chi connectivity index (χ0) is 17.7. The Labute approximate surface area is 153 Å². The Morgan fingerprint density at radius 1 is 1.19 bits per heavy atom. The summed E-state index contributed by atoms with van der Waals surface area (Å²) in [6, 6.07) is 11.7. The monoisotopic (exact) mass is 362 g/mol. The van der Waals surface area contributed by atoms with E-state index in [2.05, 4.69) is 24.1 Å². The molecule has 128 valence electrons. The topological polar surface area (TPSA) is 85.6 Å². The molecule has 4 heterocycles. The largest absolute Gasteiger partial charge is 0.311 e. The minimum absolute atomic E-state index is 0.0294. The van der Waals surface area contributed by atoms with Gasteiger partial charge in [-0.25, -0.2) is 0 Å². The van der Waals surface area contributed by atoms with Crippen LogP contribution in [0.5, 0.6) is 0 Å². The molecule has 0 aliphatic carbocycles. The maximum absolute atomic E-state index is 12.4. The van der Waals surface area contributed by atoms with Gasteiger partial charge in [0.15, 0.2) is 0 Å². The smallest absolute Gasteiger partial charge is 0.226 e. The van der Waals surface area contributed by atoms with E-state index in [0.29, 0.717) is 12.2 Å². The number of aryl methyl sites for hydroxylation is 1. The number of carbonyl (C=O) groups is 1. The average Bonchev–Trinajstić information content (AvgIpc) is 3.27. The standard InChI is InChI=1S/C18H14N6OS/c1-24-18-15(17(21-24)12-6-2-3-8-19-12)11(9-14(25)20-18)10-5-4-7-13-16(10)23-26-22-13/h2-8,11H,9H2,1H3,(H,20,25)/t11-/m0/s1. The molecule has 1 aromatic carbocycles. The van der Waals surface area contributed by atoms with Crippen molar-refractivity contribution in [2.45, 2.75) is 12.3 Å². The minimum Gasteiger partial charge on any atom is -0.311 e. The Hall–Kier alpha value is -3.13. The highest BCUT2D eigenvalue weighted by Gasteiger charge is 2.34. The van der Waals surface area contributed by atoms with Gasteiger partial charge in [-0.1, -0.05) is 18.2 Å². The molecule has 1 amide bonds. The molecule has 1 atom stereocenters. The molecule has 26 heavy (non-hydrogen) atoms. The molecule has 0 saturated carbocycles. The van der Waals surface area contributed by atoms with Crippen molar-refractivity contribution in [3.63, 3.8) is 0 Å². The SMILES string of the molecule is Cn1nc(-c2ccccn2)c2c1NC(=O)C[C@H]2c1cccc2nsnc12. The molecule has 0 unspecified atom stereocenters. The van der Waals surface area contributed by atoms with Crippen molar-refractivity contribution in [3.8, 4) is 11.4 Å². The fourth-order valence-electron chi connectivity index (χ4n) is 3.55. The number of aromatic nitrogens is 5. The molecule has 7 nitrogen and oxygen atoms in total. The Kier molecular flexibility index (Phi) is 3.32. The number of hydrogen-bond donors (Lipinski definition) is 1. The molecular weight excluding hydrogens is 348 g/mol. The van der Waals surface area contributed by atoms with Crippen LogP contribution < -0.4 is 5.32 Å². The van der Waals surface area contributed by atoms with Crippen LogP contribution in [-0.2, 0) is 11.8 Å². The van der Waals surface area contributed by atoms with Gasteiger partial charge in [0, 0.05) is 31.1 Å². The second-order valence-electron chi connectivity index (χ2n) is 6.23. The van der Waals surface area contributed by atoms with Crippen LogP contribution in [0.15, 0.2) is 42.6 Å². The van der Waals surface area contributed by atoms with Crippen LogP contribution in [0.3, 0.4) is 0 Å². The quantitative estimate of drug-likeness (QED) is 0.592. The van der Waals surface area contributed by atoms with Crippen LogP contribution in [0.25, 0.3) is 22.4 Å². The predicted molar refractivity (Wildman–Crippen MR) is 98.9 cm³/mol. The van der Waals surface area contributed by atoms with Gasteiger partial charge < -0.3 is 5.32 Å². The Balaban J connectivity index is 1.78. The molecule has 0 bridgehead atoms. The fourth-order valence-corrected chi connectivity index (χ4v) is 4.11. The van der Waals surface area contributed by atoms with E-state index in [0.717, 1.165) is 33.5 Å². The number of fused-ring (bicyclic) bond motifs is 2. The van der Waals surface area contributed by atoms with Crippen LogP contribution in [-0.4, -0.2) is 29.4 Å². The number of benzene rings is 1. The van der Waals surface area contributed by atoms with Gasteiger partial charge in [0.2, 0.25) is 5.91 Å². The molecule has 5 rings (SSSR count). The molecular formula is C18H14N6OS. The molecule has 0 saturated heterocycles. The summed E-state index contributed by atoms with van der Waals surface area (Å²) in [5.41, 5.74) is 5.24. The second kappa shape index (κ2) is 5.70. The van der Waals surface area contributed by atoms with Gasteiger partial charge in [-0.15, -0.1) is 0 Å². The van der Waals surface area contributed by atoms with E-state index in [-0.39, 0.29) is 11.8 Å². The summed E-state index contributed by atoms with van der Waals surface area (Å²) in [4.78, 5) is 16.8. The molecule has 3 aromatic heterocycles. The van der Waals surface area contributed by atoms with Gasteiger partial charge in [-0.05, 0) is 23.8 Å².